The number of piperazine rings is 1. The molecule has 0 saturated carbocycles. The van der Waals surface area contributed by atoms with Crippen molar-refractivity contribution >= 4 is 17.5 Å². The third kappa shape index (κ3) is 2.86. The maximum Gasteiger partial charge on any atom is 0.339 e. The standard InChI is InChI=1S/C16H18N4O2/c1-12-2-3-14(16(21)22)15(18-12)20-10-8-19(9-11-20)13-4-6-17-7-5-13/h2-7H,8-11H2,1H3,(H,21,22). The number of aryl methyl sites for hydroxylation is 1. The molecule has 0 spiro atoms. The zero-order valence-electron chi connectivity index (χ0n) is 12.4. The topological polar surface area (TPSA) is 69.6 Å². The average Bonchev–Trinajstić information content (AvgIpc) is 2.55. The molecular weight excluding hydrogens is 280 g/mol. The molecule has 2 aromatic rings. The number of carbonyl (C=O) groups is 1. The molecule has 6 nitrogen and oxygen atoms in total. The summed E-state index contributed by atoms with van der Waals surface area (Å²) < 4.78 is 0. The summed E-state index contributed by atoms with van der Waals surface area (Å²) in [5.41, 5.74) is 2.24. The summed E-state index contributed by atoms with van der Waals surface area (Å²) in [7, 11) is 0. The lowest BCUT2D eigenvalue weighted by Gasteiger charge is -2.37. The van der Waals surface area contributed by atoms with Crippen molar-refractivity contribution in [2.75, 3.05) is 36.0 Å². The van der Waals surface area contributed by atoms with Crippen molar-refractivity contribution in [1.29, 1.82) is 0 Å². The molecular formula is C16H18N4O2. The van der Waals surface area contributed by atoms with Crippen molar-refractivity contribution < 1.29 is 9.90 Å². The normalized spacial score (nSPS) is 15.0. The van der Waals surface area contributed by atoms with E-state index in [0.717, 1.165) is 37.6 Å². The van der Waals surface area contributed by atoms with Crippen molar-refractivity contribution in [3.63, 3.8) is 0 Å². The maximum absolute atomic E-state index is 11.4. The Morgan fingerprint density at radius 3 is 2.32 bits per heavy atom. The van der Waals surface area contributed by atoms with E-state index >= 15 is 0 Å². The minimum absolute atomic E-state index is 0.267. The van der Waals surface area contributed by atoms with E-state index in [4.69, 9.17) is 0 Å². The van der Waals surface area contributed by atoms with Gasteiger partial charge in [-0.25, -0.2) is 9.78 Å². The number of carboxylic acid groups (broad SMARTS) is 1. The predicted octanol–water partition coefficient (Wildman–Crippen LogP) is 1.81. The van der Waals surface area contributed by atoms with E-state index in [2.05, 4.69) is 14.9 Å². The van der Waals surface area contributed by atoms with Crippen LogP contribution in [-0.4, -0.2) is 47.2 Å². The lowest BCUT2D eigenvalue weighted by molar-refractivity contribution is 0.0697. The number of carboxylic acids is 1. The minimum Gasteiger partial charge on any atom is -0.478 e. The van der Waals surface area contributed by atoms with Crippen LogP contribution in [0.4, 0.5) is 11.5 Å². The van der Waals surface area contributed by atoms with Gasteiger partial charge in [-0.05, 0) is 31.2 Å². The molecule has 3 rings (SSSR count). The fourth-order valence-corrected chi connectivity index (χ4v) is 2.68. The van der Waals surface area contributed by atoms with Crippen LogP contribution in [0.15, 0.2) is 36.7 Å². The van der Waals surface area contributed by atoms with E-state index < -0.39 is 5.97 Å². The first-order chi connectivity index (χ1) is 10.6. The van der Waals surface area contributed by atoms with Crippen LogP contribution in [0.2, 0.25) is 0 Å². The largest absolute Gasteiger partial charge is 0.478 e. The maximum atomic E-state index is 11.4. The highest BCUT2D eigenvalue weighted by Crippen LogP contribution is 2.22. The molecule has 3 heterocycles. The number of aromatic nitrogens is 2. The summed E-state index contributed by atoms with van der Waals surface area (Å²) in [6.07, 6.45) is 3.57. The van der Waals surface area contributed by atoms with Gasteiger partial charge in [0.05, 0.1) is 0 Å². The molecule has 6 heteroatoms. The highest BCUT2D eigenvalue weighted by atomic mass is 16.4. The Kier molecular flexibility index (Phi) is 3.91. The second-order valence-electron chi connectivity index (χ2n) is 5.31. The third-order valence-corrected chi connectivity index (χ3v) is 3.85. The van der Waals surface area contributed by atoms with Crippen LogP contribution in [-0.2, 0) is 0 Å². The van der Waals surface area contributed by atoms with Gasteiger partial charge < -0.3 is 14.9 Å². The average molecular weight is 298 g/mol. The highest BCUT2D eigenvalue weighted by molar-refractivity contribution is 5.93. The van der Waals surface area contributed by atoms with E-state index in [1.54, 1.807) is 24.5 Å². The quantitative estimate of drug-likeness (QED) is 0.932. The van der Waals surface area contributed by atoms with Gasteiger partial charge in [-0.15, -0.1) is 0 Å². The van der Waals surface area contributed by atoms with E-state index in [0.29, 0.717) is 5.82 Å². The number of aromatic carboxylic acids is 1. The van der Waals surface area contributed by atoms with Gasteiger partial charge in [-0.2, -0.15) is 0 Å². The zero-order chi connectivity index (χ0) is 15.5. The van der Waals surface area contributed by atoms with Crippen LogP contribution in [0.3, 0.4) is 0 Å². The molecule has 1 aliphatic rings. The molecule has 0 aromatic carbocycles. The zero-order valence-corrected chi connectivity index (χ0v) is 12.4. The second-order valence-corrected chi connectivity index (χ2v) is 5.31. The molecule has 2 aromatic heterocycles. The van der Waals surface area contributed by atoms with Gasteiger partial charge in [0, 0.05) is 50.0 Å². The molecule has 0 radical (unpaired) electrons. The molecule has 1 fully saturated rings. The molecule has 0 aliphatic carbocycles. The van der Waals surface area contributed by atoms with Gasteiger partial charge in [0.1, 0.15) is 11.4 Å². The van der Waals surface area contributed by atoms with Crippen LogP contribution in [0.5, 0.6) is 0 Å². The first-order valence-electron chi connectivity index (χ1n) is 7.26. The number of anilines is 2. The Morgan fingerprint density at radius 2 is 1.68 bits per heavy atom. The van der Waals surface area contributed by atoms with Crippen LogP contribution < -0.4 is 9.80 Å². The summed E-state index contributed by atoms with van der Waals surface area (Å²) in [5.74, 6) is -0.360. The number of rotatable bonds is 3. The molecule has 0 unspecified atom stereocenters. The fraction of sp³-hybridized carbons (Fsp3) is 0.312. The lowest BCUT2D eigenvalue weighted by atomic mass is 10.2. The van der Waals surface area contributed by atoms with Gasteiger partial charge in [0.25, 0.3) is 0 Å². The van der Waals surface area contributed by atoms with Crippen LogP contribution >= 0.6 is 0 Å². The summed E-state index contributed by atoms with van der Waals surface area (Å²) in [6.45, 7) is 5.04. The molecule has 0 amide bonds. The van der Waals surface area contributed by atoms with Gasteiger partial charge in [-0.1, -0.05) is 0 Å². The number of pyridine rings is 2. The first kappa shape index (κ1) is 14.3. The smallest absolute Gasteiger partial charge is 0.339 e. The molecule has 1 N–H and O–H groups in total. The highest BCUT2D eigenvalue weighted by Gasteiger charge is 2.22. The Balaban J connectivity index is 1.77. The van der Waals surface area contributed by atoms with Crippen LogP contribution in [0.25, 0.3) is 0 Å². The van der Waals surface area contributed by atoms with Crippen molar-refractivity contribution in [1.82, 2.24) is 9.97 Å². The lowest BCUT2D eigenvalue weighted by Crippen LogP contribution is -2.47. The molecule has 0 bridgehead atoms. The van der Waals surface area contributed by atoms with Crippen molar-refractivity contribution in [3.8, 4) is 0 Å². The van der Waals surface area contributed by atoms with Gasteiger partial charge >= 0.3 is 5.97 Å². The number of nitrogens with zero attached hydrogens (tertiary/aromatic N) is 4. The van der Waals surface area contributed by atoms with E-state index in [1.807, 2.05) is 24.0 Å². The molecule has 22 heavy (non-hydrogen) atoms. The molecule has 1 aliphatic heterocycles. The third-order valence-electron chi connectivity index (χ3n) is 3.85. The molecule has 114 valence electrons. The van der Waals surface area contributed by atoms with E-state index in [1.165, 1.54) is 0 Å². The van der Waals surface area contributed by atoms with E-state index in [9.17, 15) is 9.90 Å². The SMILES string of the molecule is Cc1ccc(C(=O)O)c(N2CCN(c3ccncc3)CC2)n1. The fourth-order valence-electron chi connectivity index (χ4n) is 2.68. The summed E-state index contributed by atoms with van der Waals surface area (Å²) in [5, 5.41) is 9.33. The molecule has 1 saturated heterocycles. The Hall–Kier alpha value is -2.63. The van der Waals surface area contributed by atoms with Crippen molar-refractivity contribution in [3.05, 3.63) is 47.9 Å². The van der Waals surface area contributed by atoms with Gasteiger partial charge in [0.2, 0.25) is 0 Å². The minimum atomic E-state index is -0.931. The van der Waals surface area contributed by atoms with Crippen LogP contribution in [0, 0.1) is 6.92 Å². The monoisotopic (exact) mass is 298 g/mol. The number of hydrogen-bond donors (Lipinski definition) is 1. The second kappa shape index (κ2) is 6.01. The Labute approximate surface area is 129 Å². The van der Waals surface area contributed by atoms with Gasteiger partial charge in [-0.3, -0.25) is 4.98 Å². The summed E-state index contributed by atoms with van der Waals surface area (Å²) in [4.78, 5) is 24.2. The first-order valence-corrected chi connectivity index (χ1v) is 7.26. The van der Waals surface area contributed by atoms with Crippen LogP contribution in [0.1, 0.15) is 16.1 Å². The van der Waals surface area contributed by atoms with Crippen molar-refractivity contribution in [2.45, 2.75) is 6.92 Å². The summed E-state index contributed by atoms with van der Waals surface area (Å²) >= 11 is 0. The van der Waals surface area contributed by atoms with Gasteiger partial charge in [0.15, 0.2) is 0 Å². The Bertz CT molecular complexity index is 667. The Morgan fingerprint density at radius 1 is 1.05 bits per heavy atom. The summed E-state index contributed by atoms with van der Waals surface area (Å²) in [6, 6.07) is 7.35. The predicted molar refractivity (Wildman–Crippen MR) is 84.6 cm³/mol. The molecule has 0 atom stereocenters. The van der Waals surface area contributed by atoms with E-state index in [-0.39, 0.29) is 5.56 Å². The van der Waals surface area contributed by atoms with Crippen molar-refractivity contribution in [2.24, 2.45) is 0 Å². The number of hydrogen-bond acceptors (Lipinski definition) is 5.